The van der Waals surface area contributed by atoms with Crippen molar-refractivity contribution in [2.45, 2.75) is 62.6 Å². The van der Waals surface area contributed by atoms with E-state index in [9.17, 15) is 24.3 Å². The Kier molecular flexibility index (Phi) is 10.2. The van der Waals surface area contributed by atoms with E-state index in [0.717, 1.165) is 13.1 Å². The van der Waals surface area contributed by atoms with Gasteiger partial charge in [-0.05, 0) is 31.9 Å². The summed E-state index contributed by atoms with van der Waals surface area (Å²) >= 11 is 3.59. The van der Waals surface area contributed by atoms with Crippen LogP contribution in [-0.4, -0.2) is 126 Å². The van der Waals surface area contributed by atoms with Crippen LogP contribution in [0.4, 0.5) is 0 Å². The van der Waals surface area contributed by atoms with Crippen LogP contribution >= 0.6 is 15.9 Å². The van der Waals surface area contributed by atoms with Gasteiger partial charge in [0, 0.05) is 43.6 Å². The molecule has 13 heteroatoms. The van der Waals surface area contributed by atoms with Gasteiger partial charge in [-0.25, -0.2) is 0 Å². The molecular formula is C34H43BrN4O8. The van der Waals surface area contributed by atoms with Crippen LogP contribution in [0.5, 0.6) is 0 Å². The molecule has 6 rings (SSSR count). The lowest BCUT2D eigenvalue weighted by Crippen LogP contribution is -2.58. The molecule has 3 saturated heterocycles. The molecule has 12 nitrogen and oxygen atoms in total. The minimum atomic E-state index is -1.44. The molecule has 5 bridgehead atoms. The summed E-state index contributed by atoms with van der Waals surface area (Å²) in [6.45, 7) is 7.09. The van der Waals surface area contributed by atoms with Crippen molar-refractivity contribution in [3.8, 4) is 0 Å². The molecule has 1 aromatic rings. The Hall–Kier alpha value is -3.10. The highest BCUT2D eigenvalue weighted by molar-refractivity contribution is 9.11. The number of ether oxygens (including phenoxy) is 3. The van der Waals surface area contributed by atoms with Crippen molar-refractivity contribution < 1.29 is 38.5 Å². The molecule has 0 unspecified atom stereocenters. The smallest absolute Gasteiger partial charge is 0.313 e. The fraction of sp³-hybridized carbons (Fsp3) is 0.588. The molecule has 5 aliphatic heterocycles. The van der Waals surface area contributed by atoms with Gasteiger partial charge in [-0.2, -0.15) is 0 Å². The average Bonchev–Trinajstić information content (AvgIpc) is 3.67. The van der Waals surface area contributed by atoms with Gasteiger partial charge >= 0.3 is 5.97 Å². The van der Waals surface area contributed by atoms with E-state index in [-0.39, 0.29) is 31.4 Å². The van der Waals surface area contributed by atoms with Gasteiger partial charge in [-0.1, -0.05) is 58.4 Å². The lowest BCUT2D eigenvalue weighted by molar-refractivity contribution is -0.162. The van der Waals surface area contributed by atoms with Gasteiger partial charge in [0.25, 0.3) is 0 Å². The number of nitrogens with one attached hydrogen (secondary N) is 1. The minimum Gasteiger partial charge on any atom is -0.455 e. The summed E-state index contributed by atoms with van der Waals surface area (Å²) in [4.78, 5) is 61.8. The summed E-state index contributed by atoms with van der Waals surface area (Å²) in [5.41, 5.74) is -0.751. The van der Waals surface area contributed by atoms with Crippen LogP contribution < -0.4 is 5.32 Å². The quantitative estimate of drug-likeness (QED) is 0.332. The summed E-state index contributed by atoms with van der Waals surface area (Å²) in [6, 6.07) is 6.76. The second-order valence-electron chi connectivity index (χ2n) is 13.0. The standard InChI is InChI=1S/C34H43BrN4O8/c1-21(20-40)39-30-32(43)38(14-13-37-15-17-45-18-16-37)12-8-4-7-11-25(41)36-22(2)28(23-9-5-3-6-10-23)46-33(44)26-27(31(39)42)34(30)19-24(35)29(26)47-34/h3-6,8-10,19,21-22,26-30,40H,7,11-18,20H2,1-2H3,(H,36,41)/b8-4-/t21-,22+,26-,27+,28-,29-,30-,34+/m1/s1. The van der Waals surface area contributed by atoms with E-state index in [1.807, 2.05) is 42.5 Å². The molecule has 8 atom stereocenters. The summed E-state index contributed by atoms with van der Waals surface area (Å²) in [7, 11) is 0. The number of esters is 1. The number of carbonyl (C=O) groups excluding carboxylic acids is 4. The van der Waals surface area contributed by atoms with Crippen LogP contribution in [0.25, 0.3) is 0 Å². The SMILES string of the molecule is C[C@@H]1NC(=O)CC/C=C\CN(CCN2CCOCC2)C(=O)[C@H]2N([C@H](C)CO)C(=O)[C@@H]3[C@@H](C(=O)O[C@H]1c1ccccc1)[C@@H]1O[C@@]32C=C1Br. The molecule has 5 heterocycles. The van der Waals surface area contributed by atoms with Crippen LogP contribution in [0, 0.1) is 11.8 Å². The molecule has 254 valence electrons. The van der Waals surface area contributed by atoms with Crippen LogP contribution in [0.15, 0.2) is 53.0 Å². The number of aliphatic hydroxyl groups is 1. The largest absolute Gasteiger partial charge is 0.455 e. The molecule has 1 aromatic carbocycles. The van der Waals surface area contributed by atoms with Crippen molar-refractivity contribution in [2.24, 2.45) is 11.8 Å². The van der Waals surface area contributed by atoms with Crippen molar-refractivity contribution >= 4 is 39.6 Å². The van der Waals surface area contributed by atoms with Crippen molar-refractivity contribution in [1.82, 2.24) is 20.0 Å². The lowest BCUT2D eigenvalue weighted by Gasteiger charge is -2.38. The number of hydrogen-bond acceptors (Lipinski definition) is 9. The normalized spacial score (nSPS) is 34.9. The van der Waals surface area contributed by atoms with Crippen LogP contribution in [-0.2, 0) is 33.4 Å². The Morgan fingerprint density at radius 2 is 1.79 bits per heavy atom. The minimum absolute atomic E-state index is 0.195. The number of fused-ring (bicyclic) bond motifs is 2. The summed E-state index contributed by atoms with van der Waals surface area (Å²) in [6.07, 6.45) is 4.51. The van der Waals surface area contributed by atoms with Crippen molar-refractivity contribution in [2.75, 3.05) is 52.5 Å². The average molecular weight is 716 g/mol. The van der Waals surface area contributed by atoms with E-state index in [0.29, 0.717) is 42.8 Å². The number of benzene rings is 1. The number of rotatable bonds is 6. The third-order valence-electron chi connectivity index (χ3n) is 9.96. The Morgan fingerprint density at radius 3 is 2.51 bits per heavy atom. The Balaban J connectivity index is 1.40. The molecule has 1 spiro atoms. The van der Waals surface area contributed by atoms with E-state index >= 15 is 0 Å². The molecule has 5 aliphatic rings. The number of aliphatic hydroxyl groups excluding tert-OH is 1. The third kappa shape index (κ3) is 6.40. The molecule has 3 fully saturated rings. The summed E-state index contributed by atoms with van der Waals surface area (Å²) in [5, 5.41) is 13.3. The maximum atomic E-state index is 14.8. The zero-order valence-corrected chi connectivity index (χ0v) is 28.3. The van der Waals surface area contributed by atoms with Gasteiger partial charge in [-0.3, -0.25) is 24.1 Å². The molecule has 0 radical (unpaired) electrons. The Labute approximate surface area is 283 Å². The highest BCUT2D eigenvalue weighted by Gasteiger charge is 2.75. The first-order chi connectivity index (χ1) is 22.7. The molecule has 0 aliphatic carbocycles. The summed E-state index contributed by atoms with van der Waals surface area (Å²) in [5.74, 6) is -3.72. The topological polar surface area (TPSA) is 138 Å². The lowest BCUT2D eigenvalue weighted by atomic mass is 9.74. The number of cyclic esters (lactones) is 1. The van der Waals surface area contributed by atoms with Crippen molar-refractivity contribution in [1.29, 1.82) is 0 Å². The van der Waals surface area contributed by atoms with Crippen molar-refractivity contribution in [3.05, 3.63) is 58.6 Å². The highest BCUT2D eigenvalue weighted by Crippen LogP contribution is 2.59. The van der Waals surface area contributed by atoms with Crippen LogP contribution in [0.3, 0.4) is 0 Å². The maximum absolute atomic E-state index is 14.8. The molecule has 0 saturated carbocycles. The second-order valence-corrected chi connectivity index (χ2v) is 13.9. The zero-order valence-electron chi connectivity index (χ0n) is 26.8. The number of morpholine rings is 1. The summed E-state index contributed by atoms with van der Waals surface area (Å²) < 4.78 is 18.8. The predicted molar refractivity (Wildman–Crippen MR) is 174 cm³/mol. The maximum Gasteiger partial charge on any atom is 0.313 e. The number of hydrogen-bond donors (Lipinski definition) is 2. The number of amides is 3. The van der Waals surface area contributed by atoms with Gasteiger partial charge in [-0.15, -0.1) is 0 Å². The van der Waals surface area contributed by atoms with Gasteiger partial charge in [0.2, 0.25) is 17.7 Å². The van der Waals surface area contributed by atoms with Gasteiger partial charge in [0.05, 0.1) is 37.8 Å². The molecule has 0 aromatic heterocycles. The highest BCUT2D eigenvalue weighted by atomic mass is 79.9. The molecular weight excluding hydrogens is 672 g/mol. The van der Waals surface area contributed by atoms with E-state index in [2.05, 4.69) is 26.1 Å². The van der Waals surface area contributed by atoms with Crippen LogP contribution in [0.1, 0.15) is 38.4 Å². The molecule has 2 N–H and O–H groups in total. The molecule has 47 heavy (non-hydrogen) atoms. The van der Waals surface area contributed by atoms with Gasteiger partial charge < -0.3 is 34.4 Å². The van der Waals surface area contributed by atoms with E-state index < -0.39 is 59.6 Å². The first kappa shape index (κ1) is 33.8. The Bertz CT molecular complexity index is 1420. The first-order valence-corrected chi connectivity index (χ1v) is 17.2. The monoisotopic (exact) mass is 714 g/mol. The second kappa shape index (κ2) is 14.2. The molecule has 3 amide bonds. The first-order valence-electron chi connectivity index (χ1n) is 16.4. The van der Waals surface area contributed by atoms with Crippen LogP contribution in [0.2, 0.25) is 0 Å². The number of halogens is 1. The number of carbonyl (C=O) groups is 4. The van der Waals surface area contributed by atoms with Gasteiger partial charge in [0.1, 0.15) is 29.8 Å². The van der Waals surface area contributed by atoms with E-state index in [4.69, 9.17) is 14.2 Å². The van der Waals surface area contributed by atoms with E-state index in [1.54, 1.807) is 24.8 Å². The van der Waals surface area contributed by atoms with Crippen molar-refractivity contribution in [3.63, 3.8) is 0 Å². The number of likely N-dealkylation sites (tertiary alicyclic amines) is 1. The van der Waals surface area contributed by atoms with Gasteiger partial charge in [0.15, 0.2) is 0 Å². The predicted octanol–water partition coefficient (Wildman–Crippen LogP) is 1.54. The zero-order chi connectivity index (χ0) is 33.3. The van der Waals surface area contributed by atoms with E-state index in [1.165, 1.54) is 4.90 Å². The Morgan fingerprint density at radius 1 is 1.04 bits per heavy atom. The number of nitrogens with zero attached hydrogens (tertiary/aromatic N) is 3. The number of allylic oxidation sites excluding steroid dienone is 1. The fourth-order valence-corrected chi connectivity index (χ4v) is 8.30. The fourth-order valence-electron chi connectivity index (χ4n) is 7.56. The third-order valence-corrected chi connectivity index (χ3v) is 10.6.